The second-order valence-corrected chi connectivity index (χ2v) is 10.2. The number of rotatable bonds is 7. The first-order valence-electron chi connectivity index (χ1n) is 11.2. The van der Waals surface area contributed by atoms with Crippen molar-refractivity contribution in [3.05, 3.63) is 78.1 Å². The molecule has 1 fully saturated rings. The van der Waals surface area contributed by atoms with Crippen molar-refractivity contribution in [1.82, 2.24) is 10.3 Å². The topological polar surface area (TPSA) is 116 Å². The van der Waals surface area contributed by atoms with Crippen molar-refractivity contribution < 1.29 is 27.4 Å². The maximum absolute atomic E-state index is 12.9. The molecule has 2 aliphatic rings. The van der Waals surface area contributed by atoms with Crippen molar-refractivity contribution in [1.29, 1.82) is 0 Å². The standard InChI is InChI=1S/C25H25N3O6S/c29-24(18-1-4-21(5-2-18)35(30,31)28-20-7-11-26-12-8-20)27-16-25(9-13-32-14-10-25)19-3-6-22-23(15-19)34-17-33-22/h1-8,11-12,15H,9-10,13-14,16-17H2,(H,26,28)(H,27,29). The summed E-state index contributed by atoms with van der Waals surface area (Å²) in [4.78, 5) is 16.9. The van der Waals surface area contributed by atoms with E-state index in [0.717, 1.165) is 18.4 Å². The first kappa shape index (κ1) is 23.1. The Kier molecular flexibility index (Phi) is 6.31. The third-order valence-electron chi connectivity index (χ3n) is 6.38. The number of aromatic nitrogens is 1. The van der Waals surface area contributed by atoms with E-state index in [1.54, 1.807) is 12.1 Å². The molecule has 0 saturated carbocycles. The van der Waals surface area contributed by atoms with Crippen LogP contribution in [-0.2, 0) is 20.2 Å². The van der Waals surface area contributed by atoms with Gasteiger partial charge in [-0.1, -0.05) is 6.07 Å². The smallest absolute Gasteiger partial charge is 0.261 e. The fourth-order valence-corrected chi connectivity index (χ4v) is 5.39. The quantitative estimate of drug-likeness (QED) is 0.517. The van der Waals surface area contributed by atoms with Gasteiger partial charge in [0.1, 0.15) is 0 Å². The van der Waals surface area contributed by atoms with Crippen LogP contribution in [-0.4, -0.2) is 45.9 Å². The Labute approximate surface area is 203 Å². The van der Waals surface area contributed by atoms with Crippen molar-refractivity contribution in [2.24, 2.45) is 0 Å². The van der Waals surface area contributed by atoms with E-state index in [2.05, 4.69) is 15.0 Å². The Morgan fingerprint density at radius 1 is 0.943 bits per heavy atom. The predicted octanol–water partition coefficient (Wildman–Crippen LogP) is 3.09. The Hall–Kier alpha value is -3.63. The van der Waals surface area contributed by atoms with Crippen LogP contribution < -0.4 is 19.5 Å². The van der Waals surface area contributed by atoms with E-state index in [4.69, 9.17) is 14.2 Å². The van der Waals surface area contributed by atoms with Gasteiger partial charge < -0.3 is 19.5 Å². The lowest BCUT2D eigenvalue weighted by molar-refractivity contribution is 0.0486. The van der Waals surface area contributed by atoms with Gasteiger partial charge in [-0.2, -0.15) is 0 Å². The molecule has 3 aromatic rings. The van der Waals surface area contributed by atoms with E-state index in [-0.39, 0.29) is 23.0 Å². The van der Waals surface area contributed by atoms with Crippen molar-refractivity contribution in [2.75, 3.05) is 31.3 Å². The summed E-state index contributed by atoms with van der Waals surface area (Å²) in [7, 11) is -3.78. The third-order valence-corrected chi connectivity index (χ3v) is 7.78. The maximum Gasteiger partial charge on any atom is 0.261 e. The predicted molar refractivity (Wildman–Crippen MR) is 128 cm³/mol. The minimum Gasteiger partial charge on any atom is -0.454 e. The summed E-state index contributed by atoms with van der Waals surface area (Å²) in [5, 5.41) is 3.04. The third kappa shape index (κ3) is 4.94. The second-order valence-electron chi connectivity index (χ2n) is 8.51. The van der Waals surface area contributed by atoms with Crippen LogP contribution in [0.4, 0.5) is 5.69 Å². The summed E-state index contributed by atoms with van der Waals surface area (Å²) >= 11 is 0. The normalized spacial score (nSPS) is 16.5. The van der Waals surface area contributed by atoms with Crippen LogP contribution >= 0.6 is 0 Å². The van der Waals surface area contributed by atoms with Gasteiger partial charge in [0, 0.05) is 43.1 Å². The maximum atomic E-state index is 12.9. The van der Waals surface area contributed by atoms with E-state index in [9.17, 15) is 13.2 Å². The number of fused-ring (bicyclic) bond motifs is 1. The molecule has 1 amide bonds. The number of nitrogens with one attached hydrogen (secondary N) is 2. The molecule has 0 unspecified atom stereocenters. The molecule has 0 radical (unpaired) electrons. The molecular formula is C25H25N3O6S. The number of anilines is 1. The van der Waals surface area contributed by atoms with Crippen LogP contribution in [0.5, 0.6) is 11.5 Å². The molecule has 2 aliphatic heterocycles. The van der Waals surface area contributed by atoms with Gasteiger partial charge in [-0.3, -0.25) is 14.5 Å². The van der Waals surface area contributed by atoms with Gasteiger partial charge in [0.15, 0.2) is 11.5 Å². The number of ether oxygens (including phenoxy) is 3. The highest BCUT2D eigenvalue weighted by Crippen LogP contribution is 2.40. The van der Waals surface area contributed by atoms with Gasteiger partial charge in [0.05, 0.1) is 10.6 Å². The molecule has 0 aliphatic carbocycles. The molecule has 9 nitrogen and oxygen atoms in total. The largest absolute Gasteiger partial charge is 0.454 e. The summed E-state index contributed by atoms with van der Waals surface area (Å²) in [5.41, 5.74) is 1.55. The van der Waals surface area contributed by atoms with Crippen molar-refractivity contribution in [3.8, 4) is 11.5 Å². The van der Waals surface area contributed by atoms with E-state index in [0.29, 0.717) is 42.5 Å². The lowest BCUT2D eigenvalue weighted by Gasteiger charge is -2.38. The first-order valence-corrected chi connectivity index (χ1v) is 12.7. The molecule has 2 N–H and O–H groups in total. The van der Waals surface area contributed by atoms with Crippen molar-refractivity contribution in [2.45, 2.75) is 23.2 Å². The molecule has 1 saturated heterocycles. The molecule has 0 bridgehead atoms. The molecule has 182 valence electrons. The van der Waals surface area contributed by atoms with Crippen LogP contribution in [0.1, 0.15) is 28.8 Å². The Balaban J connectivity index is 1.29. The van der Waals surface area contributed by atoms with Crippen LogP contribution in [0, 0.1) is 0 Å². The molecule has 35 heavy (non-hydrogen) atoms. The highest BCUT2D eigenvalue weighted by molar-refractivity contribution is 7.92. The van der Waals surface area contributed by atoms with Crippen LogP contribution in [0.2, 0.25) is 0 Å². The fourth-order valence-electron chi connectivity index (χ4n) is 4.33. The summed E-state index contributed by atoms with van der Waals surface area (Å²) < 4.78 is 44.3. The summed E-state index contributed by atoms with van der Waals surface area (Å²) in [5.74, 6) is 1.15. The summed E-state index contributed by atoms with van der Waals surface area (Å²) in [6.45, 7) is 1.82. The minimum atomic E-state index is -3.78. The second kappa shape index (κ2) is 9.55. The van der Waals surface area contributed by atoms with E-state index in [1.807, 2.05) is 18.2 Å². The van der Waals surface area contributed by atoms with Crippen molar-refractivity contribution in [3.63, 3.8) is 0 Å². The first-order chi connectivity index (χ1) is 17.0. The number of hydrogen-bond donors (Lipinski definition) is 2. The zero-order valence-corrected chi connectivity index (χ0v) is 19.7. The number of nitrogens with zero attached hydrogens (tertiary/aromatic N) is 1. The number of carbonyl (C=O) groups excluding carboxylic acids is 1. The van der Waals surface area contributed by atoms with Gasteiger partial charge in [0.25, 0.3) is 15.9 Å². The van der Waals surface area contributed by atoms with E-state index >= 15 is 0 Å². The van der Waals surface area contributed by atoms with Crippen LogP contribution in [0.15, 0.2) is 71.9 Å². The van der Waals surface area contributed by atoms with Gasteiger partial charge in [-0.25, -0.2) is 8.42 Å². The zero-order valence-electron chi connectivity index (χ0n) is 18.9. The molecule has 5 rings (SSSR count). The molecule has 2 aromatic carbocycles. The highest BCUT2D eigenvalue weighted by Gasteiger charge is 2.36. The van der Waals surface area contributed by atoms with Crippen LogP contribution in [0.3, 0.4) is 0 Å². The van der Waals surface area contributed by atoms with Gasteiger partial charge >= 0.3 is 0 Å². The van der Waals surface area contributed by atoms with E-state index in [1.165, 1.54) is 36.7 Å². The number of benzene rings is 2. The molecular weight excluding hydrogens is 470 g/mol. The van der Waals surface area contributed by atoms with Crippen LogP contribution in [0.25, 0.3) is 0 Å². The van der Waals surface area contributed by atoms with Crippen molar-refractivity contribution >= 4 is 21.6 Å². The number of carbonyl (C=O) groups is 1. The average Bonchev–Trinajstić information content (AvgIpc) is 3.36. The monoisotopic (exact) mass is 495 g/mol. The Bertz CT molecular complexity index is 1310. The molecule has 0 spiro atoms. The molecule has 0 atom stereocenters. The molecule has 1 aromatic heterocycles. The summed E-state index contributed by atoms with van der Waals surface area (Å²) in [6, 6.07) is 14.9. The van der Waals surface area contributed by atoms with E-state index < -0.39 is 10.0 Å². The van der Waals surface area contributed by atoms with Gasteiger partial charge in [-0.15, -0.1) is 0 Å². The number of sulfonamides is 1. The average molecular weight is 496 g/mol. The summed E-state index contributed by atoms with van der Waals surface area (Å²) in [6.07, 6.45) is 4.51. The van der Waals surface area contributed by atoms with Gasteiger partial charge in [-0.05, 0) is 66.9 Å². The lowest BCUT2D eigenvalue weighted by Crippen LogP contribution is -2.44. The zero-order chi connectivity index (χ0) is 24.3. The Morgan fingerprint density at radius 3 is 2.40 bits per heavy atom. The SMILES string of the molecule is O=C(NCC1(c2ccc3c(c2)OCO3)CCOCC1)c1ccc(S(=O)(=O)Nc2ccncc2)cc1. The molecule has 10 heteroatoms. The number of pyridine rings is 1. The number of amides is 1. The Morgan fingerprint density at radius 2 is 1.66 bits per heavy atom. The van der Waals surface area contributed by atoms with Gasteiger partial charge in [0.2, 0.25) is 6.79 Å². The fraction of sp³-hybridized carbons (Fsp3) is 0.280. The molecule has 3 heterocycles. The number of hydrogen-bond acceptors (Lipinski definition) is 7. The lowest BCUT2D eigenvalue weighted by atomic mass is 9.74. The highest BCUT2D eigenvalue weighted by atomic mass is 32.2. The minimum absolute atomic E-state index is 0.0621.